The Bertz CT molecular complexity index is 658. The van der Waals surface area contributed by atoms with E-state index in [1.807, 2.05) is 13.0 Å². The Morgan fingerprint density at radius 3 is 2.27 bits per heavy atom. The second-order valence-electron chi connectivity index (χ2n) is 4.93. The van der Waals surface area contributed by atoms with Gasteiger partial charge < -0.3 is 4.90 Å². The van der Waals surface area contributed by atoms with Crippen LogP contribution in [0.25, 0.3) is 0 Å². The van der Waals surface area contributed by atoms with Gasteiger partial charge in [-0.3, -0.25) is 4.79 Å². The van der Waals surface area contributed by atoms with Crippen molar-refractivity contribution >= 4 is 15.9 Å². The van der Waals surface area contributed by atoms with E-state index in [0.29, 0.717) is 31.1 Å². The molecule has 1 heterocycles. The second kappa shape index (κ2) is 7.38. The van der Waals surface area contributed by atoms with E-state index in [9.17, 15) is 13.2 Å². The number of sulfonamides is 1. The summed E-state index contributed by atoms with van der Waals surface area (Å²) in [6.45, 7) is 3.33. The highest BCUT2D eigenvalue weighted by Crippen LogP contribution is 2.17. The highest BCUT2D eigenvalue weighted by Gasteiger charge is 2.29. The first kappa shape index (κ1) is 16.5. The van der Waals surface area contributed by atoms with Crippen LogP contribution in [0, 0.1) is 0 Å². The Morgan fingerprint density at radius 2 is 1.68 bits per heavy atom. The summed E-state index contributed by atoms with van der Waals surface area (Å²) in [5.74, 6) is -0.0881. The van der Waals surface area contributed by atoms with E-state index in [1.54, 1.807) is 47.4 Å². The van der Waals surface area contributed by atoms with Gasteiger partial charge in [0.1, 0.15) is 0 Å². The minimum atomic E-state index is -3.47. The Kier molecular flexibility index (Phi) is 5.51. The van der Waals surface area contributed by atoms with Crippen LogP contribution in [0.3, 0.4) is 0 Å². The van der Waals surface area contributed by atoms with Gasteiger partial charge in [-0.25, -0.2) is 8.42 Å². The molecule has 0 unspecified atom stereocenters. The van der Waals surface area contributed by atoms with Gasteiger partial charge >= 0.3 is 0 Å². The topological polar surface area (TPSA) is 57.7 Å². The number of carbonyl (C=O) groups is 1. The molecule has 0 saturated carbocycles. The first-order chi connectivity index (χ1) is 10.6. The van der Waals surface area contributed by atoms with Crippen molar-refractivity contribution in [3.63, 3.8) is 0 Å². The quantitative estimate of drug-likeness (QED) is 0.626. The minimum Gasteiger partial charge on any atom is -0.337 e. The van der Waals surface area contributed by atoms with E-state index in [1.165, 1.54) is 10.4 Å². The SMILES string of the molecule is C/C=C/C=C/C(=O)N1CCN(S(=O)(=O)c2ccccc2)CC1. The van der Waals surface area contributed by atoms with E-state index in [-0.39, 0.29) is 5.91 Å². The molecule has 6 heteroatoms. The van der Waals surface area contributed by atoms with Crippen LogP contribution in [-0.2, 0) is 14.8 Å². The van der Waals surface area contributed by atoms with Crippen molar-refractivity contribution < 1.29 is 13.2 Å². The lowest BCUT2D eigenvalue weighted by molar-refractivity contribution is -0.127. The van der Waals surface area contributed by atoms with Gasteiger partial charge in [0.25, 0.3) is 0 Å². The number of amides is 1. The Balaban J connectivity index is 1.99. The summed E-state index contributed by atoms with van der Waals surface area (Å²) in [7, 11) is -3.47. The molecule has 118 valence electrons. The number of hydrogen-bond donors (Lipinski definition) is 0. The predicted molar refractivity (Wildman–Crippen MR) is 85.7 cm³/mol. The highest BCUT2D eigenvalue weighted by molar-refractivity contribution is 7.89. The van der Waals surface area contributed by atoms with Crippen molar-refractivity contribution in [2.75, 3.05) is 26.2 Å². The molecule has 1 fully saturated rings. The second-order valence-corrected chi connectivity index (χ2v) is 6.87. The summed E-state index contributed by atoms with van der Waals surface area (Å²) < 4.78 is 26.4. The molecule has 1 aromatic rings. The lowest BCUT2D eigenvalue weighted by atomic mass is 10.3. The van der Waals surface area contributed by atoms with Gasteiger partial charge in [0, 0.05) is 32.3 Å². The maximum atomic E-state index is 12.5. The van der Waals surface area contributed by atoms with Crippen molar-refractivity contribution in [3.05, 3.63) is 54.6 Å². The average Bonchev–Trinajstić information content (AvgIpc) is 2.56. The van der Waals surface area contributed by atoms with Gasteiger partial charge in [-0.1, -0.05) is 36.4 Å². The molecular weight excluding hydrogens is 300 g/mol. The smallest absolute Gasteiger partial charge is 0.246 e. The van der Waals surface area contributed by atoms with Gasteiger partial charge in [-0.05, 0) is 19.1 Å². The van der Waals surface area contributed by atoms with Gasteiger partial charge in [-0.15, -0.1) is 0 Å². The van der Waals surface area contributed by atoms with Crippen molar-refractivity contribution in [2.24, 2.45) is 0 Å². The molecule has 0 atom stereocenters. The average molecular weight is 320 g/mol. The van der Waals surface area contributed by atoms with Crippen LogP contribution in [0.15, 0.2) is 59.5 Å². The fraction of sp³-hybridized carbons (Fsp3) is 0.312. The van der Waals surface area contributed by atoms with Crippen LogP contribution in [-0.4, -0.2) is 49.7 Å². The van der Waals surface area contributed by atoms with Crippen LogP contribution < -0.4 is 0 Å². The first-order valence-corrected chi connectivity index (χ1v) is 8.63. The molecule has 0 bridgehead atoms. The molecule has 1 saturated heterocycles. The Hall–Kier alpha value is -1.92. The van der Waals surface area contributed by atoms with Crippen LogP contribution in [0.1, 0.15) is 6.92 Å². The molecule has 1 aliphatic rings. The summed E-state index contributed by atoms with van der Waals surface area (Å²) in [4.78, 5) is 13.9. The molecule has 0 aliphatic carbocycles. The van der Waals surface area contributed by atoms with E-state index >= 15 is 0 Å². The molecule has 1 aliphatic heterocycles. The maximum absolute atomic E-state index is 12.5. The Labute approximate surface area is 131 Å². The number of rotatable bonds is 4. The summed E-state index contributed by atoms with van der Waals surface area (Å²) in [5.41, 5.74) is 0. The van der Waals surface area contributed by atoms with Crippen LogP contribution in [0.2, 0.25) is 0 Å². The van der Waals surface area contributed by atoms with Gasteiger partial charge in [-0.2, -0.15) is 4.31 Å². The van der Waals surface area contributed by atoms with Gasteiger partial charge in [0.2, 0.25) is 15.9 Å². The first-order valence-electron chi connectivity index (χ1n) is 7.19. The largest absolute Gasteiger partial charge is 0.337 e. The summed E-state index contributed by atoms with van der Waals surface area (Å²) in [5, 5.41) is 0. The predicted octanol–water partition coefficient (Wildman–Crippen LogP) is 1.65. The van der Waals surface area contributed by atoms with Crippen LogP contribution in [0.4, 0.5) is 0 Å². The maximum Gasteiger partial charge on any atom is 0.246 e. The van der Waals surface area contributed by atoms with Crippen LogP contribution >= 0.6 is 0 Å². The molecule has 5 nitrogen and oxygen atoms in total. The third-order valence-corrected chi connectivity index (χ3v) is 5.39. The summed E-state index contributed by atoms with van der Waals surface area (Å²) in [6, 6.07) is 8.38. The number of piperazine rings is 1. The number of carbonyl (C=O) groups excluding carboxylic acids is 1. The van der Waals surface area contributed by atoms with E-state index in [2.05, 4.69) is 0 Å². The van der Waals surface area contributed by atoms with Gasteiger partial charge in [0.05, 0.1) is 4.90 Å². The van der Waals surface area contributed by atoms with Crippen molar-refractivity contribution in [3.8, 4) is 0 Å². The lowest BCUT2D eigenvalue weighted by Crippen LogP contribution is -2.50. The zero-order valence-corrected chi connectivity index (χ0v) is 13.4. The fourth-order valence-electron chi connectivity index (χ4n) is 2.24. The molecule has 0 N–H and O–H groups in total. The number of benzene rings is 1. The molecule has 1 aromatic carbocycles. The van der Waals surface area contributed by atoms with Crippen molar-refractivity contribution in [2.45, 2.75) is 11.8 Å². The molecule has 0 radical (unpaired) electrons. The fourth-order valence-corrected chi connectivity index (χ4v) is 3.69. The molecule has 1 amide bonds. The third kappa shape index (κ3) is 3.84. The number of allylic oxidation sites excluding steroid dienone is 3. The molecule has 0 aromatic heterocycles. The summed E-state index contributed by atoms with van der Waals surface area (Å²) >= 11 is 0. The third-order valence-electron chi connectivity index (χ3n) is 3.47. The van der Waals surface area contributed by atoms with Gasteiger partial charge in [0.15, 0.2) is 0 Å². The lowest BCUT2D eigenvalue weighted by Gasteiger charge is -2.33. The zero-order chi connectivity index (χ0) is 16.0. The molecule has 22 heavy (non-hydrogen) atoms. The van der Waals surface area contributed by atoms with E-state index in [4.69, 9.17) is 0 Å². The number of hydrogen-bond acceptors (Lipinski definition) is 3. The van der Waals surface area contributed by atoms with E-state index < -0.39 is 10.0 Å². The number of nitrogens with zero attached hydrogens (tertiary/aromatic N) is 2. The zero-order valence-electron chi connectivity index (χ0n) is 12.6. The molecule has 2 rings (SSSR count). The highest BCUT2D eigenvalue weighted by atomic mass is 32.2. The van der Waals surface area contributed by atoms with E-state index in [0.717, 1.165) is 0 Å². The van der Waals surface area contributed by atoms with Crippen molar-refractivity contribution in [1.82, 2.24) is 9.21 Å². The van der Waals surface area contributed by atoms with Crippen molar-refractivity contribution in [1.29, 1.82) is 0 Å². The van der Waals surface area contributed by atoms with Crippen LogP contribution in [0.5, 0.6) is 0 Å². The standard InChI is InChI=1S/C16H20N2O3S/c1-2-3-5-10-16(19)17-11-13-18(14-12-17)22(20,21)15-8-6-4-7-9-15/h2-10H,11-14H2,1H3/b3-2+,10-5+. The Morgan fingerprint density at radius 1 is 1.05 bits per heavy atom. The molecular formula is C16H20N2O3S. The molecule has 0 spiro atoms. The normalized spacial score (nSPS) is 17.4. The summed E-state index contributed by atoms with van der Waals surface area (Å²) in [6.07, 6.45) is 6.82. The minimum absolute atomic E-state index is 0.0881. The monoisotopic (exact) mass is 320 g/mol.